The van der Waals surface area contributed by atoms with Crippen LogP contribution >= 0.6 is 15.9 Å². The fourth-order valence-corrected chi connectivity index (χ4v) is 1.87. The van der Waals surface area contributed by atoms with Crippen molar-refractivity contribution >= 4 is 33.5 Å². The molecule has 0 aliphatic rings. The molecule has 0 saturated heterocycles. The van der Waals surface area contributed by atoms with E-state index in [0.717, 1.165) is 4.47 Å². The highest BCUT2D eigenvalue weighted by Gasteiger charge is 2.13. The zero-order chi connectivity index (χ0) is 13.8. The van der Waals surface area contributed by atoms with E-state index in [1.165, 1.54) is 12.1 Å². The first-order valence-electron chi connectivity index (χ1n) is 5.42. The van der Waals surface area contributed by atoms with Crippen LogP contribution in [-0.4, -0.2) is 17.0 Å². The molecule has 0 bridgehead atoms. The summed E-state index contributed by atoms with van der Waals surface area (Å²) >= 11 is 3.31. The monoisotopic (exact) mass is 323 g/mol. The fourth-order valence-electron chi connectivity index (χ4n) is 1.49. The minimum absolute atomic E-state index is 0.0759. The summed E-state index contributed by atoms with van der Waals surface area (Å²) in [7, 11) is 0. The van der Waals surface area contributed by atoms with Gasteiger partial charge in [-0.2, -0.15) is 0 Å². The Kier molecular flexibility index (Phi) is 4.01. The molecule has 1 amide bonds. The molecule has 5 nitrogen and oxygen atoms in total. The Morgan fingerprint density at radius 1 is 1.21 bits per heavy atom. The van der Waals surface area contributed by atoms with Gasteiger partial charge in [-0.05, 0) is 40.2 Å². The molecular weight excluding hydrogens is 314 g/mol. The predicted molar refractivity (Wildman–Crippen MR) is 72.1 cm³/mol. The first-order chi connectivity index (χ1) is 9.06. The standard InChI is InChI=1S/C13H10BrNO4/c14-9-3-1-2-4-10(9)15-13(18)11-6-5-8(19-11)7-12(16)17/h1-6H,7H2,(H,15,18)(H,16,17). The molecule has 2 aromatic rings. The maximum absolute atomic E-state index is 11.9. The molecule has 2 N–H and O–H groups in total. The van der Waals surface area contributed by atoms with Crippen LogP contribution in [-0.2, 0) is 11.2 Å². The third-order valence-corrected chi connectivity index (χ3v) is 3.02. The van der Waals surface area contributed by atoms with Gasteiger partial charge < -0.3 is 14.8 Å². The van der Waals surface area contributed by atoms with Crippen molar-refractivity contribution in [2.45, 2.75) is 6.42 Å². The quantitative estimate of drug-likeness (QED) is 0.906. The number of para-hydroxylation sites is 1. The predicted octanol–water partition coefficient (Wildman–Crippen LogP) is 2.92. The number of benzene rings is 1. The number of carboxylic acid groups (broad SMARTS) is 1. The summed E-state index contributed by atoms with van der Waals surface area (Å²) < 4.78 is 5.91. The molecule has 0 atom stereocenters. The molecule has 0 radical (unpaired) electrons. The van der Waals surface area contributed by atoms with E-state index in [1.54, 1.807) is 18.2 Å². The number of carbonyl (C=O) groups excluding carboxylic acids is 1. The highest BCUT2D eigenvalue weighted by atomic mass is 79.9. The Morgan fingerprint density at radius 3 is 2.63 bits per heavy atom. The Bertz CT molecular complexity index is 621. The Hall–Kier alpha value is -2.08. The first-order valence-corrected chi connectivity index (χ1v) is 6.22. The molecule has 0 unspecified atom stereocenters. The summed E-state index contributed by atoms with van der Waals surface area (Å²) in [5, 5.41) is 11.3. The number of hydrogen-bond acceptors (Lipinski definition) is 3. The number of aliphatic carboxylic acids is 1. The second-order valence-electron chi connectivity index (χ2n) is 3.77. The Balaban J connectivity index is 2.10. The van der Waals surface area contributed by atoms with Gasteiger partial charge >= 0.3 is 5.97 Å². The van der Waals surface area contributed by atoms with Crippen molar-refractivity contribution in [3.63, 3.8) is 0 Å². The molecule has 19 heavy (non-hydrogen) atoms. The van der Waals surface area contributed by atoms with Gasteiger partial charge in [0, 0.05) is 4.47 Å². The summed E-state index contributed by atoms with van der Waals surface area (Å²) in [5.74, 6) is -1.12. The molecule has 0 aliphatic heterocycles. The largest absolute Gasteiger partial charge is 0.481 e. The van der Waals surface area contributed by atoms with Gasteiger partial charge in [0.15, 0.2) is 5.76 Å². The van der Waals surface area contributed by atoms with E-state index in [-0.39, 0.29) is 17.9 Å². The number of rotatable bonds is 4. The number of furan rings is 1. The summed E-state index contributed by atoms with van der Waals surface area (Å²) in [4.78, 5) is 22.4. The number of halogens is 1. The van der Waals surface area contributed by atoms with Gasteiger partial charge in [-0.25, -0.2) is 0 Å². The summed E-state index contributed by atoms with van der Waals surface area (Å²) in [5.41, 5.74) is 0.615. The average Bonchev–Trinajstić information content (AvgIpc) is 2.79. The molecule has 0 fully saturated rings. The second kappa shape index (κ2) is 5.71. The lowest BCUT2D eigenvalue weighted by molar-refractivity contribution is -0.136. The summed E-state index contributed by atoms with van der Waals surface area (Å²) in [6, 6.07) is 10.1. The van der Waals surface area contributed by atoms with Crippen molar-refractivity contribution in [2.75, 3.05) is 5.32 Å². The van der Waals surface area contributed by atoms with Crippen molar-refractivity contribution in [1.29, 1.82) is 0 Å². The molecule has 2 rings (SSSR count). The SMILES string of the molecule is O=C(O)Cc1ccc(C(=O)Nc2ccccc2Br)o1. The van der Waals surface area contributed by atoms with Crippen LogP contribution in [0.15, 0.2) is 45.3 Å². The average molecular weight is 324 g/mol. The van der Waals surface area contributed by atoms with E-state index in [9.17, 15) is 9.59 Å². The number of hydrogen-bond donors (Lipinski definition) is 2. The van der Waals surface area contributed by atoms with Gasteiger partial charge in [0.2, 0.25) is 0 Å². The van der Waals surface area contributed by atoms with Gasteiger partial charge in [0.25, 0.3) is 5.91 Å². The Morgan fingerprint density at radius 2 is 1.95 bits per heavy atom. The lowest BCUT2D eigenvalue weighted by Gasteiger charge is -2.04. The molecular formula is C13H10BrNO4. The second-order valence-corrected chi connectivity index (χ2v) is 4.62. The minimum atomic E-state index is -1.01. The van der Waals surface area contributed by atoms with Crippen molar-refractivity contribution in [3.05, 3.63) is 52.4 Å². The highest BCUT2D eigenvalue weighted by molar-refractivity contribution is 9.10. The van der Waals surface area contributed by atoms with E-state index in [2.05, 4.69) is 21.2 Å². The Labute approximate surface area is 117 Å². The number of anilines is 1. The normalized spacial score (nSPS) is 10.2. The maximum Gasteiger partial charge on any atom is 0.311 e. The maximum atomic E-state index is 11.9. The van der Waals surface area contributed by atoms with E-state index >= 15 is 0 Å². The number of nitrogens with one attached hydrogen (secondary N) is 1. The van der Waals surface area contributed by atoms with Gasteiger partial charge in [-0.3, -0.25) is 9.59 Å². The van der Waals surface area contributed by atoms with E-state index < -0.39 is 11.9 Å². The fraction of sp³-hybridized carbons (Fsp3) is 0.0769. The minimum Gasteiger partial charge on any atom is -0.481 e. The van der Waals surface area contributed by atoms with Crippen molar-refractivity contribution < 1.29 is 19.1 Å². The van der Waals surface area contributed by atoms with Crippen molar-refractivity contribution in [3.8, 4) is 0 Å². The van der Waals surface area contributed by atoms with Crippen LogP contribution in [0, 0.1) is 0 Å². The van der Waals surface area contributed by atoms with E-state index in [1.807, 2.05) is 6.07 Å². The lowest BCUT2D eigenvalue weighted by atomic mass is 10.3. The molecule has 1 aromatic heterocycles. The van der Waals surface area contributed by atoms with Gasteiger partial charge in [-0.1, -0.05) is 12.1 Å². The number of carboxylic acids is 1. The molecule has 0 saturated carbocycles. The zero-order valence-electron chi connectivity index (χ0n) is 9.72. The van der Waals surface area contributed by atoms with Crippen LogP contribution in [0.25, 0.3) is 0 Å². The molecule has 1 aromatic carbocycles. The lowest BCUT2D eigenvalue weighted by Crippen LogP contribution is -2.11. The summed E-state index contributed by atoms with van der Waals surface area (Å²) in [6.45, 7) is 0. The van der Waals surface area contributed by atoms with Gasteiger partial charge in [0.1, 0.15) is 12.2 Å². The smallest absolute Gasteiger partial charge is 0.311 e. The number of carbonyl (C=O) groups is 2. The summed E-state index contributed by atoms with van der Waals surface area (Å²) in [6.07, 6.45) is -0.248. The molecule has 0 spiro atoms. The van der Waals surface area contributed by atoms with Crippen molar-refractivity contribution in [2.24, 2.45) is 0 Å². The van der Waals surface area contributed by atoms with E-state index in [4.69, 9.17) is 9.52 Å². The van der Waals surface area contributed by atoms with Crippen LogP contribution < -0.4 is 5.32 Å². The van der Waals surface area contributed by atoms with E-state index in [0.29, 0.717) is 5.69 Å². The molecule has 98 valence electrons. The van der Waals surface area contributed by atoms with Crippen LogP contribution in [0.5, 0.6) is 0 Å². The third kappa shape index (κ3) is 3.45. The van der Waals surface area contributed by atoms with Gasteiger partial charge in [0.05, 0.1) is 5.69 Å². The first kappa shape index (κ1) is 13.4. The van der Waals surface area contributed by atoms with Gasteiger partial charge in [-0.15, -0.1) is 0 Å². The molecule has 6 heteroatoms. The topological polar surface area (TPSA) is 79.5 Å². The van der Waals surface area contributed by atoms with Crippen LogP contribution in [0.3, 0.4) is 0 Å². The van der Waals surface area contributed by atoms with Crippen LogP contribution in [0.2, 0.25) is 0 Å². The third-order valence-electron chi connectivity index (χ3n) is 2.33. The zero-order valence-corrected chi connectivity index (χ0v) is 11.3. The van der Waals surface area contributed by atoms with Crippen molar-refractivity contribution in [1.82, 2.24) is 0 Å². The van der Waals surface area contributed by atoms with Crippen LogP contribution in [0.4, 0.5) is 5.69 Å². The molecule has 0 aliphatic carbocycles. The van der Waals surface area contributed by atoms with Crippen LogP contribution in [0.1, 0.15) is 16.3 Å². The molecule has 1 heterocycles. The number of amides is 1. The highest BCUT2D eigenvalue weighted by Crippen LogP contribution is 2.22.